The van der Waals surface area contributed by atoms with Crippen LogP contribution in [0.25, 0.3) is 0 Å². The number of benzene rings is 2. The fraction of sp³-hybridized carbons (Fsp3) is 0.133. The first-order valence-corrected chi connectivity index (χ1v) is 6.97. The maximum absolute atomic E-state index is 12.2. The third kappa shape index (κ3) is 4.46. The number of thioether (sulfide) groups is 1. The Kier molecular flexibility index (Phi) is 5.16. The summed E-state index contributed by atoms with van der Waals surface area (Å²) in [5.41, 5.74) is 1.00. The minimum absolute atomic E-state index is 0.289. The monoisotopic (exact) mass is 309 g/mol. The molecule has 1 N–H and O–H groups in total. The summed E-state index contributed by atoms with van der Waals surface area (Å²) in [4.78, 5) is 12.5. The topological polar surface area (TPSA) is 38.3 Å². The zero-order valence-corrected chi connectivity index (χ0v) is 12.0. The summed E-state index contributed by atoms with van der Waals surface area (Å²) in [7, 11) is 1.52. The highest BCUT2D eigenvalue weighted by atomic mass is 32.2. The molecule has 0 fully saturated rings. The van der Waals surface area contributed by atoms with Crippen molar-refractivity contribution in [2.75, 3.05) is 12.4 Å². The van der Waals surface area contributed by atoms with Crippen molar-refractivity contribution in [1.29, 1.82) is 0 Å². The van der Waals surface area contributed by atoms with Crippen molar-refractivity contribution >= 4 is 23.4 Å². The predicted octanol–water partition coefficient (Wildman–Crippen LogP) is 4.26. The van der Waals surface area contributed by atoms with Gasteiger partial charge in [0.05, 0.1) is 7.11 Å². The number of methoxy groups -OCH3 is 1. The van der Waals surface area contributed by atoms with Crippen molar-refractivity contribution in [2.45, 2.75) is 10.7 Å². The summed E-state index contributed by atoms with van der Waals surface area (Å²) in [5.74, 6) is -2.16. The number of alkyl halides is 2. The van der Waals surface area contributed by atoms with Gasteiger partial charge in [-0.2, -0.15) is 8.78 Å². The van der Waals surface area contributed by atoms with E-state index in [2.05, 4.69) is 5.32 Å². The maximum atomic E-state index is 12.2. The molecule has 0 atom stereocenters. The van der Waals surface area contributed by atoms with E-state index in [1.54, 1.807) is 36.4 Å². The zero-order chi connectivity index (χ0) is 15.2. The number of ether oxygens (including phenoxy) is 1. The van der Waals surface area contributed by atoms with Crippen LogP contribution in [0.3, 0.4) is 0 Å². The smallest absolute Gasteiger partial charge is 0.288 e. The van der Waals surface area contributed by atoms with Gasteiger partial charge in [0.2, 0.25) is 0 Å². The van der Waals surface area contributed by atoms with E-state index in [4.69, 9.17) is 4.74 Å². The normalized spacial score (nSPS) is 10.5. The first-order chi connectivity index (χ1) is 10.1. The van der Waals surface area contributed by atoms with Gasteiger partial charge in [-0.3, -0.25) is 4.79 Å². The van der Waals surface area contributed by atoms with Crippen molar-refractivity contribution in [3.63, 3.8) is 0 Å². The first-order valence-electron chi connectivity index (χ1n) is 6.09. The molecule has 2 aromatic rings. The zero-order valence-electron chi connectivity index (χ0n) is 11.2. The number of rotatable bonds is 5. The van der Waals surface area contributed by atoms with Crippen LogP contribution in [0.4, 0.5) is 14.5 Å². The Morgan fingerprint density at radius 2 is 1.90 bits per heavy atom. The summed E-state index contributed by atoms with van der Waals surface area (Å²) in [6.45, 7) is 0. The third-order valence-electron chi connectivity index (χ3n) is 2.67. The van der Waals surface area contributed by atoms with Crippen LogP contribution >= 0.6 is 11.8 Å². The molecule has 6 heteroatoms. The Hall–Kier alpha value is -2.08. The molecule has 2 aromatic carbocycles. The molecule has 0 bridgehead atoms. The largest absolute Gasteiger partial charge is 0.497 e. The van der Waals surface area contributed by atoms with Crippen LogP contribution in [0.1, 0.15) is 10.4 Å². The fourth-order valence-corrected chi connectivity index (χ4v) is 2.19. The second kappa shape index (κ2) is 7.08. The summed E-state index contributed by atoms with van der Waals surface area (Å²) in [6.07, 6.45) is 0. The SMILES string of the molecule is COc1cccc(C(=O)Nc2ccc(SC(F)F)cc2)c1. The molecule has 110 valence electrons. The number of halogens is 2. The molecule has 0 aliphatic heterocycles. The van der Waals surface area contributed by atoms with Gasteiger partial charge in [-0.25, -0.2) is 0 Å². The van der Waals surface area contributed by atoms with Crippen LogP contribution in [-0.2, 0) is 0 Å². The fourth-order valence-electron chi connectivity index (χ4n) is 1.69. The molecule has 0 aliphatic carbocycles. The lowest BCUT2D eigenvalue weighted by molar-refractivity contribution is 0.102. The van der Waals surface area contributed by atoms with Crippen LogP contribution < -0.4 is 10.1 Å². The van der Waals surface area contributed by atoms with Crippen molar-refractivity contribution in [3.8, 4) is 5.75 Å². The molecule has 0 heterocycles. The van der Waals surface area contributed by atoms with Crippen molar-refractivity contribution < 1.29 is 18.3 Å². The van der Waals surface area contributed by atoms with Crippen LogP contribution in [-0.4, -0.2) is 18.8 Å². The van der Waals surface area contributed by atoms with Crippen molar-refractivity contribution in [3.05, 3.63) is 54.1 Å². The minimum atomic E-state index is -2.46. The number of anilines is 1. The molecule has 2 rings (SSSR count). The average Bonchev–Trinajstić information content (AvgIpc) is 2.49. The summed E-state index contributed by atoms with van der Waals surface area (Å²) in [6, 6.07) is 13.0. The van der Waals surface area contributed by atoms with Crippen LogP contribution in [0, 0.1) is 0 Å². The molecule has 21 heavy (non-hydrogen) atoms. The van der Waals surface area contributed by atoms with Crippen molar-refractivity contribution in [2.24, 2.45) is 0 Å². The second-order valence-corrected chi connectivity index (χ2v) is 5.15. The van der Waals surface area contributed by atoms with E-state index < -0.39 is 5.76 Å². The molecule has 0 unspecified atom stereocenters. The highest BCUT2D eigenvalue weighted by molar-refractivity contribution is 7.99. The molecule has 0 saturated heterocycles. The molecule has 0 spiro atoms. The van der Waals surface area contributed by atoms with Gasteiger partial charge in [0, 0.05) is 16.1 Å². The van der Waals surface area contributed by atoms with Gasteiger partial charge in [-0.15, -0.1) is 0 Å². The van der Waals surface area contributed by atoms with E-state index >= 15 is 0 Å². The Balaban J connectivity index is 2.05. The van der Waals surface area contributed by atoms with Gasteiger partial charge >= 0.3 is 0 Å². The Labute approximate surface area is 125 Å². The first kappa shape index (κ1) is 15.3. The van der Waals surface area contributed by atoms with Gasteiger partial charge in [0.15, 0.2) is 0 Å². The summed E-state index contributed by atoms with van der Waals surface area (Å²) >= 11 is 0.465. The van der Waals surface area contributed by atoms with Crippen molar-refractivity contribution in [1.82, 2.24) is 0 Å². The number of hydrogen-bond donors (Lipinski definition) is 1. The highest BCUT2D eigenvalue weighted by Crippen LogP contribution is 2.26. The van der Waals surface area contributed by atoms with Gasteiger partial charge in [0.25, 0.3) is 11.7 Å². The van der Waals surface area contributed by atoms with Crippen LogP contribution in [0.2, 0.25) is 0 Å². The number of carbonyl (C=O) groups excluding carboxylic acids is 1. The lowest BCUT2D eigenvalue weighted by atomic mass is 10.2. The van der Waals surface area contributed by atoms with Crippen LogP contribution in [0.15, 0.2) is 53.4 Å². The summed E-state index contributed by atoms with van der Waals surface area (Å²) in [5, 5.41) is 2.70. The Morgan fingerprint density at radius 3 is 2.52 bits per heavy atom. The quantitative estimate of drug-likeness (QED) is 0.839. The van der Waals surface area contributed by atoms with Gasteiger partial charge in [-0.1, -0.05) is 17.8 Å². The van der Waals surface area contributed by atoms with Gasteiger partial charge < -0.3 is 10.1 Å². The van der Waals surface area contributed by atoms with E-state index in [0.717, 1.165) is 0 Å². The highest BCUT2D eigenvalue weighted by Gasteiger charge is 2.08. The van der Waals surface area contributed by atoms with E-state index in [1.165, 1.54) is 19.2 Å². The molecule has 1 amide bonds. The molecular formula is C15H13F2NO2S. The van der Waals surface area contributed by atoms with E-state index in [1.807, 2.05) is 0 Å². The molecule has 3 nitrogen and oxygen atoms in total. The molecule has 0 saturated carbocycles. The van der Waals surface area contributed by atoms with Crippen LogP contribution in [0.5, 0.6) is 5.75 Å². The molecule has 0 aromatic heterocycles. The van der Waals surface area contributed by atoms with Gasteiger partial charge in [0.1, 0.15) is 5.75 Å². The number of carbonyl (C=O) groups is 1. The van der Waals surface area contributed by atoms with E-state index in [9.17, 15) is 13.6 Å². The Bertz CT molecular complexity index is 617. The average molecular weight is 309 g/mol. The van der Waals surface area contributed by atoms with Gasteiger partial charge in [-0.05, 0) is 42.5 Å². The summed E-state index contributed by atoms with van der Waals surface area (Å²) < 4.78 is 29.5. The Morgan fingerprint density at radius 1 is 1.19 bits per heavy atom. The third-order valence-corrected chi connectivity index (χ3v) is 3.39. The number of amides is 1. The lowest BCUT2D eigenvalue weighted by Gasteiger charge is -2.07. The standard InChI is InChI=1S/C15H13F2NO2S/c1-20-12-4-2-3-10(9-12)14(19)18-11-5-7-13(8-6-11)21-15(16)17/h2-9,15H,1H3,(H,18,19). The molecule has 0 radical (unpaired) electrons. The second-order valence-electron chi connectivity index (χ2n) is 4.09. The molecular weight excluding hydrogens is 296 g/mol. The van der Waals surface area contributed by atoms with E-state index in [-0.39, 0.29) is 5.91 Å². The number of hydrogen-bond acceptors (Lipinski definition) is 3. The lowest BCUT2D eigenvalue weighted by Crippen LogP contribution is -2.11. The predicted molar refractivity (Wildman–Crippen MR) is 79.3 cm³/mol. The maximum Gasteiger partial charge on any atom is 0.288 e. The minimum Gasteiger partial charge on any atom is -0.497 e. The number of nitrogens with one attached hydrogen (secondary N) is 1. The molecule has 0 aliphatic rings. The van der Waals surface area contributed by atoms with E-state index in [0.29, 0.717) is 33.7 Å².